The van der Waals surface area contributed by atoms with Crippen molar-refractivity contribution in [3.8, 4) is 0 Å². The lowest BCUT2D eigenvalue weighted by Crippen LogP contribution is -2.38. The van der Waals surface area contributed by atoms with Gasteiger partial charge in [0, 0.05) is 16.3 Å². The fourth-order valence-electron chi connectivity index (χ4n) is 2.20. The summed E-state index contributed by atoms with van der Waals surface area (Å²) in [5.74, 6) is 0.389. The first kappa shape index (κ1) is 20.6. The van der Waals surface area contributed by atoms with Gasteiger partial charge in [0.05, 0.1) is 5.75 Å². The van der Waals surface area contributed by atoms with Gasteiger partial charge < -0.3 is 10.1 Å². The summed E-state index contributed by atoms with van der Waals surface area (Å²) in [6.45, 7) is 11.6. The molecule has 1 N–H and O–H groups in total. The standard InChI is InChI=1S/C18H25N3O3S2/c1-9(2)11(4)19-14(22)7-24-15(23)8-25-17-16-10(3)12(5)26-18(16)21-13(6)20-17/h9,11H,7-8H2,1-6H3,(H,19,22)/t11-/m1/s1. The first-order valence-corrected chi connectivity index (χ1v) is 10.3. The SMILES string of the molecule is Cc1nc(SCC(=O)OCC(=O)N[C@H](C)C(C)C)c2c(C)c(C)sc2n1. The van der Waals surface area contributed by atoms with E-state index in [0.29, 0.717) is 11.7 Å². The van der Waals surface area contributed by atoms with E-state index in [-0.39, 0.29) is 24.3 Å². The van der Waals surface area contributed by atoms with Crippen molar-refractivity contribution >= 4 is 45.2 Å². The van der Waals surface area contributed by atoms with E-state index in [1.165, 1.54) is 16.6 Å². The predicted octanol–water partition coefficient (Wildman–Crippen LogP) is 3.41. The van der Waals surface area contributed by atoms with Crippen molar-refractivity contribution in [2.45, 2.75) is 52.6 Å². The predicted molar refractivity (Wildman–Crippen MR) is 106 cm³/mol. The van der Waals surface area contributed by atoms with E-state index in [4.69, 9.17) is 4.74 Å². The second-order valence-corrected chi connectivity index (χ2v) is 8.76. The highest BCUT2D eigenvalue weighted by Gasteiger charge is 2.17. The maximum Gasteiger partial charge on any atom is 0.316 e. The molecule has 0 bridgehead atoms. The van der Waals surface area contributed by atoms with Crippen LogP contribution in [0.5, 0.6) is 0 Å². The minimum atomic E-state index is -0.434. The van der Waals surface area contributed by atoms with Crippen molar-refractivity contribution in [2.75, 3.05) is 12.4 Å². The lowest BCUT2D eigenvalue weighted by atomic mass is 10.1. The van der Waals surface area contributed by atoms with E-state index >= 15 is 0 Å². The van der Waals surface area contributed by atoms with E-state index < -0.39 is 5.97 Å². The Hall–Kier alpha value is -1.67. The van der Waals surface area contributed by atoms with Crippen LogP contribution in [0.25, 0.3) is 10.2 Å². The Morgan fingerprint density at radius 1 is 1.19 bits per heavy atom. The highest BCUT2D eigenvalue weighted by atomic mass is 32.2. The van der Waals surface area contributed by atoms with E-state index in [9.17, 15) is 9.59 Å². The molecule has 2 heterocycles. The quantitative estimate of drug-likeness (QED) is 0.440. The Kier molecular flexibility index (Phi) is 7.00. The van der Waals surface area contributed by atoms with Crippen LogP contribution in [-0.4, -0.2) is 40.2 Å². The van der Waals surface area contributed by atoms with Crippen LogP contribution in [0, 0.1) is 26.7 Å². The summed E-state index contributed by atoms with van der Waals surface area (Å²) in [6, 6.07) is 0.0395. The minimum Gasteiger partial charge on any atom is -0.455 e. The summed E-state index contributed by atoms with van der Waals surface area (Å²) in [5.41, 5.74) is 1.14. The van der Waals surface area contributed by atoms with Crippen LogP contribution in [0.2, 0.25) is 0 Å². The number of aryl methyl sites for hydroxylation is 3. The molecule has 6 nitrogen and oxygen atoms in total. The molecule has 0 saturated carbocycles. The Balaban J connectivity index is 1.94. The van der Waals surface area contributed by atoms with Crippen molar-refractivity contribution in [3.05, 3.63) is 16.3 Å². The van der Waals surface area contributed by atoms with E-state index in [1.54, 1.807) is 11.3 Å². The van der Waals surface area contributed by atoms with Crippen molar-refractivity contribution in [3.63, 3.8) is 0 Å². The molecule has 0 aromatic carbocycles. The van der Waals surface area contributed by atoms with Gasteiger partial charge in [-0.25, -0.2) is 9.97 Å². The third-order valence-electron chi connectivity index (χ3n) is 4.19. The first-order chi connectivity index (χ1) is 12.2. The summed E-state index contributed by atoms with van der Waals surface area (Å²) in [6.07, 6.45) is 0. The van der Waals surface area contributed by atoms with Gasteiger partial charge in [-0.05, 0) is 39.2 Å². The molecule has 0 saturated heterocycles. The van der Waals surface area contributed by atoms with Crippen LogP contribution in [0.15, 0.2) is 5.03 Å². The zero-order valence-corrected chi connectivity index (χ0v) is 17.6. The maximum atomic E-state index is 12.0. The van der Waals surface area contributed by atoms with Gasteiger partial charge in [0.15, 0.2) is 6.61 Å². The lowest BCUT2D eigenvalue weighted by molar-refractivity contribution is -0.146. The summed E-state index contributed by atoms with van der Waals surface area (Å²) >= 11 is 2.95. The number of thioether (sulfide) groups is 1. The van der Waals surface area contributed by atoms with Crippen LogP contribution in [0.1, 0.15) is 37.0 Å². The van der Waals surface area contributed by atoms with E-state index in [2.05, 4.69) is 22.2 Å². The molecule has 142 valence electrons. The number of amides is 1. The number of nitrogens with one attached hydrogen (secondary N) is 1. The van der Waals surface area contributed by atoms with Crippen LogP contribution in [0.3, 0.4) is 0 Å². The number of esters is 1. The molecule has 0 spiro atoms. The van der Waals surface area contributed by atoms with Crippen LogP contribution >= 0.6 is 23.1 Å². The summed E-state index contributed by atoms with van der Waals surface area (Å²) < 4.78 is 5.07. The molecule has 0 unspecified atom stereocenters. The number of hydrogen-bond acceptors (Lipinski definition) is 7. The Labute approximate surface area is 162 Å². The van der Waals surface area contributed by atoms with Crippen LogP contribution < -0.4 is 5.32 Å². The van der Waals surface area contributed by atoms with Gasteiger partial charge in [-0.15, -0.1) is 11.3 Å². The van der Waals surface area contributed by atoms with Crippen LogP contribution in [-0.2, 0) is 14.3 Å². The summed E-state index contributed by atoms with van der Waals surface area (Å²) in [7, 11) is 0. The Morgan fingerprint density at radius 3 is 2.54 bits per heavy atom. The number of rotatable bonds is 7. The third kappa shape index (κ3) is 5.17. The molecule has 1 atom stereocenters. The van der Waals surface area contributed by atoms with Crippen molar-refractivity contribution in [1.29, 1.82) is 0 Å². The summed E-state index contributed by atoms with van der Waals surface area (Å²) in [5, 5.41) is 4.59. The molecule has 26 heavy (non-hydrogen) atoms. The highest BCUT2D eigenvalue weighted by molar-refractivity contribution is 8.00. The van der Waals surface area contributed by atoms with Gasteiger partial charge in [-0.2, -0.15) is 0 Å². The second-order valence-electron chi connectivity index (χ2n) is 6.59. The molecule has 0 fully saturated rings. The number of hydrogen-bond donors (Lipinski definition) is 1. The number of nitrogens with zero attached hydrogens (tertiary/aromatic N) is 2. The van der Waals surface area contributed by atoms with Gasteiger partial charge in [-0.1, -0.05) is 25.6 Å². The zero-order chi connectivity index (χ0) is 19.4. The first-order valence-electron chi connectivity index (χ1n) is 8.51. The number of carbonyl (C=O) groups excluding carboxylic acids is 2. The third-order valence-corrected chi connectivity index (χ3v) is 6.24. The fourth-order valence-corrected chi connectivity index (χ4v) is 4.26. The summed E-state index contributed by atoms with van der Waals surface area (Å²) in [4.78, 5) is 34.9. The van der Waals surface area contributed by atoms with Gasteiger partial charge in [0.1, 0.15) is 15.7 Å². The molecule has 2 rings (SSSR count). The molecule has 0 radical (unpaired) electrons. The molecular weight excluding hydrogens is 370 g/mol. The topological polar surface area (TPSA) is 81.2 Å². The van der Waals surface area contributed by atoms with Gasteiger partial charge in [0.2, 0.25) is 0 Å². The van der Waals surface area contributed by atoms with Crippen LogP contribution in [0.4, 0.5) is 0 Å². The molecule has 2 aromatic heterocycles. The number of aromatic nitrogens is 2. The number of fused-ring (bicyclic) bond motifs is 1. The fraction of sp³-hybridized carbons (Fsp3) is 0.556. The van der Waals surface area contributed by atoms with Gasteiger partial charge in [0.25, 0.3) is 5.91 Å². The smallest absolute Gasteiger partial charge is 0.316 e. The van der Waals surface area contributed by atoms with Gasteiger partial charge in [-0.3, -0.25) is 9.59 Å². The maximum absolute atomic E-state index is 12.0. The molecule has 0 aliphatic rings. The average molecular weight is 396 g/mol. The largest absolute Gasteiger partial charge is 0.455 e. The molecule has 2 aromatic rings. The Bertz CT molecular complexity index is 818. The van der Waals surface area contributed by atoms with Crippen molar-refractivity contribution in [2.24, 2.45) is 5.92 Å². The molecule has 1 amide bonds. The lowest BCUT2D eigenvalue weighted by Gasteiger charge is -2.17. The average Bonchev–Trinajstić information content (AvgIpc) is 2.84. The van der Waals surface area contributed by atoms with Crippen molar-refractivity contribution in [1.82, 2.24) is 15.3 Å². The number of ether oxygens (including phenoxy) is 1. The molecule has 8 heteroatoms. The molecule has 0 aliphatic heterocycles. The number of thiophene rings is 1. The monoisotopic (exact) mass is 395 g/mol. The van der Waals surface area contributed by atoms with Crippen molar-refractivity contribution < 1.29 is 14.3 Å². The second kappa shape index (κ2) is 8.81. The minimum absolute atomic E-state index is 0.0395. The van der Waals surface area contributed by atoms with Gasteiger partial charge >= 0.3 is 5.97 Å². The molecule has 0 aliphatic carbocycles. The van der Waals surface area contributed by atoms with E-state index in [1.807, 2.05) is 34.6 Å². The molecular formula is C18H25N3O3S2. The zero-order valence-electron chi connectivity index (χ0n) is 16.0. The highest BCUT2D eigenvalue weighted by Crippen LogP contribution is 2.35. The van der Waals surface area contributed by atoms with E-state index in [0.717, 1.165) is 20.8 Å². The number of carbonyl (C=O) groups is 2. The Morgan fingerprint density at radius 2 is 1.88 bits per heavy atom. The normalized spacial score (nSPS) is 12.4.